The first kappa shape index (κ1) is 10.1. The van der Waals surface area contributed by atoms with Crippen molar-refractivity contribution in [1.82, 2.24) is 0 Å². The van der Waals surface area contributed by atoms with Crippen molar-refractivity contribution in [2.45, 2.75) is 5.60 Å². The summed E-state index contributed by atoms with van der Waals surface area (Å²) in [6.07, 6.45) is 1.55. The molecule has 0 atom stereocenters. The Labute approximate surface area is 99.8 Å². The molecule has 0 fully saturated rings. The molecule has 0 unspecified atom stereocenters. The minimum atomic E-state index is -1.18. The van der Waals surface area contributed by atoms with Crippen molar-refractivity contribution in [2.24, 2.45) is 0 Å². The highest BCUT2D eigenvalue weighted by atomic mass is 16.5. The highest BCUT2D eigenvalue weighted by Crippen LogP contribution is 2.46. The molecular formula is C15H12O2. The lowest BCUT2D eigenvalue weighted by atomic mass is 9.83. The molecule has 0 bridgehead atoms. The van der Waals surface area contributed by atoms with Gasteiger partial charge in [-0.25, -0.2) is 0 Å². The Morgan fingerprint density at radius 2 is 1.41 bits per heavy atom. The number of fused-ring (bicyclic) bond motifs is 2. The monoisotopic (exact) mass is 224 g/mol. The summed E-state index contributed by atoms with van der Waals surface area (Å²) in [6.45, 7) is 3.75. The third-order valence-electron chi connectivity index (χ3n) is 3.11. The van der Waals surface area contributed by atoms with Gasteiger partial charge < -0.3 is 9.84 Å². The molecule has 2 aromatic carbocycles. The van der Waals surface area contributed by atoms with Gasteiger partial charge in [-0.2, -0.15) is 0 Å². The molecule has 2 aromatic rings. The van der Waals surface area contributed by atoms with Crippen molar-refractivity contribution in [2.75, 3.05) is 0 Å². The molecule has 0 aliphatic carbocycles. The molecule has 1 N–H and O–H groups in total. The zero-order valence-corrected chi connectivity index (χ0v) is 9.26. The average Bonchev–Trinajstić information content (AvgIpc) is 2.39. The predicted octanol–water partition coefficient (Wildman–Crippen LogP) is 3.21. The van der Waals surface area contributed by atoms with Crippen LogP contribution in [0.1, 0.15) is 11.1 Å². The molecule has 2 nitrogen and oxygen atoms in total. The van der Waals surface area contributed by atoms with Gasteiger partial charge in [0.2, 0.25) is 0 Å². The quantitative estimate of drug-likeness (QED) is 0.754. The second kappa shape index (κ2) is 3.47. The van der Waals surface area contributed by atoms with Crippen molar-refractivity contribution in [3.63, 3.8) is 0 Å². The zero-order valence-electron chi connectivity index (χ0n) is 9.26. The van der Waals surface area contributed by atoms with E-state index in [4.69, 9.17) is 4.74 Å². The fourth-order valence-corrected chi connectivity index (χ4v) is 2.22. The van der Waals surface area contributed by atoms with Gasteiger partial charge in [-0.1, -0.05) is 49.1 Å². The summed E-state index contributed by atoms with van der Waals surface area (Å²) in [5.74, 6) is 1.35. The molecule has 2 heteroatoms. The molecule has 1 heterocycles. The van der Waals surface area contributed by atoms with Gasteiger partial charge in [-0.3, -0.25) is 0 Å². The summed E-state index contributed by atoms with van der Waals surface area (Å²) in [7, 11) is 0. The van der Waals surface area contributed by atoms with E-state index in [0.29, 0.717) is 11.5 Å². The number of hydrogen-bond donors (Lipinski definition) is 1. The van der Waals surface area contributed by atoms with Crippen LogP contribution in [0.3, 0.4) is 0 Å². The first-order valence-corrected chi connectivity index (χ1v) is 5.48. The number of rotatable bonds is 1. The van der Waals surface area contributed by atoms with E-state index in [9.17, 15) is 5.11 Å². The minimum Gasteiger partial charge on any atom is -0.457 e. The standard InChI is InChI=1S/C15H12O2/c1-2-15(16)11-7-3-5-9-13(11)17-14-10-6-4-8-12(14)15/h2-10,16H,1H2. The van der Waals surface area contributed by atoms with Gasteiger partial charge in [0.15, 0.2) is 0 Å². The summed E-state index contributed by atoms with van der Waals surface area (Å²) >= 11 is 0. The van der Waals surface area contributed by atoms with Crippen LogP contribution in [-0.4, -0.2) is 5.11 Å². The van der Waals surface area contributed by atoms with Crippen LogP contribution in [0.25, 0.3) is 0 Å². The van der Waals surface area contributed by atoms with Crippen molar-refractivity contribution < 1.29 is 9.84 Å². The van der Waals surface area contributed by atoms with Gasteiger partial charge in [0, 0.05) is 11.1 Å². The van der Waals surface area contributed by atoms with Crippen LogP contribution in [0.4, 0.5) is 0 Å². The Bertz CT molecular complexity index is 541. The number of para-hydroxylation sites is 2. The van der Waals surface area contributed by atoms with Crippen LogP contribution in [0.5, 0.6) is 11.5 Å². The molecule has 1 aliphatic heterocycles. The molecule has 0 amide bonds. The number of hydrogen-bond acceptors (Lipinski definition) is 2. The Hall–Kier alpha value is -2.06. The maximum atomic E-state index is 10.8. The normalized spacial score (nSPS) is 15.4. The second-order valence-electron chi connectivity index (χ2n) is 4.06. The maximum Gasteiger partial charge on any atom is 0.140 e. The van der Waals surface area contributed by atoms with E-state index < -0.39 is 5.60 Å². The first-order chi connectivity index (χ1) is 8.25. The van der Waals surface area contributed by atoms with E-state index in [-0.39, 0.29) is 0 Å². The Morgan fingerprint density at radius 1 is 0.941 bits per heavy atom. The van der Waals surface area contributed by atoms with E-state index in [0.717, 1.165) is 11.1 Å². The summed E-state index contributed by atoms with van der Waals surface area (Å²) in [5, 5.41) is 10.8. The Balaban J connectivity index is 2.32. The zero-order chi connectivity index (χ0) is 11.9. The van der Waals surface area contributed by atoms with E-state index in [1.807, 2.05) is 48.5 Å². The third-order valence-corrected chi connectivity index (χ3v) is 3.11. The lowest BCUT2D eigenvalue weighted by molar-refractivity contribution is 0.121. The molecule has 84 valence electrons. The van der Waals surface area contributed by atoms with Gasteiger partial charge in [0.25, 0.3) is 0 Å². The lowest BCUT2D eigenvalue weighted by Crippen LogP contribution is -2.28. The van der Waals surface area contributed by atoms with Gasteiger partial charge in [-0.05, 0) is 12.1 Å². The van der Waals surface area contributed by atoms with Gasteiger partial charge in [-0.15, -0.1) is 0 Å². The van der Waals surface area contributed by atoms with Crippen molar-refractivity contribution in [3.8, 4) is 11.5 Å². The maximum absolute atomic E-state index is 10.8. The van der Waals surface area contributed by atoms with Crippen LogP contribution in [-0.2, 0) is 5.60 Å². The second-order valence-corrected chi connectivity index (χ2v) is 4.06. The molecule has 0 aromatic heterocycles. The molecule has 0 spiro atoms. The van der Waals surface area contributed by atoms with Gasteiger partial charge >= 0.3 is 0 Å². The van der Waals surface area contributed by atoms with Gasteiger partial charge in [0.05, 0.1) is 0 Å². The largest absolute Gasteiger partial charge is 0.457 e. The molecule has 1 aliphatic rings. The van der Waals surface area contributed by atoms with E-state index in [1.54, 1.807) is 6.08 Å². The predicted molar refractivity (Wildman–Crippen MR) is 66.2 cm³/mol. The average molecular weight is 224 g/mol. The highest BCUT2D eigenvalue weighted by Gasteiger charge is 2.37. The van der Waals surface area contributed by atoms with Crippen LogP contribution in [0.15, 0.2) is 61.2 Å². The highest BCUT2D eigenvalue weighted by molar-refractivity contribution is 5.57. The fraction of sp³-hybridized carbons (Fsp3) is 0.0667. The van der Waals surface area contributed by atoms with Crippen molar-refractivity contribution >= 4 is 0 Å². The summed E-state index contributed by atoms with van der Waals surface area (Å²) in [5.41, 5.74) is 0.285. The van der Waals surface area contributed by atoms with Crippen LogP contribution >= 0.6 is 0 Å². The van der Waals surface area contributed by atoms with E-state index in [2.05, 4.69) is 6.58 Å². The number of benzene rings is 2. The van der Waals surface area contributed by atoms with Crippen LogP contribution < -0.4 is 4.74 Å². The van der Waals surface area contributed by atoms with Crippen molar-refractivity contribution in [3.05, 3.63) is 72.3 Å². The molecule has 3 rings (SSSR count). The summed E-state index contributed by atoms with van der Waals surface area (Å²) in [6, 6.07) is 14.9. The number of aliphatic hydroxyl groups is 1. The van der Waals surface area contributed by atoms with E-state index in [1.165, 1.54) is 0 Å². The fourth-order valence-electron chi connectivity index (χ4n) is 2.22. The summed E-state index contributed by atoms with van der Waals surface area (Å²) < 4.78 is 5.77. The molecule has 17 heavy (non-hydrogen) atoms. The first-order valence-electron chi connectivity index (χ1n) is 5.48. The molecule has 0 saturated heterocycles. The Morgan fingerprint density at radius 3 is 1.88 bits per heavy atom. The molecule has 0 radical (unpaired) electrons. The SMILES string of the molecule is C=CC1(O)c2ccccc2Oc2ccccc21. The smallest absolute Gasteiger partial charge is 0.140 e. The Kier molecular flexibility index (Phi) is 2.06. The van der Waals surface area contributed by atoms with Crippen LogP contribution in [0, 0.1) is 0 Å². The minimum absolute atomic E-state index is 0.675. The third kappa shape index (κ3) is 1.31. The molecule has 0 saturated carbocycles. The number of ether oxygens (including phenoxy) is 1. The van der Waals surface area contributed by atoms with Crippen molar-refractivity contribution in [1.29, 1.82) is 0 Å². The van der Waals surface area contributed by atoms with Crippen LogP contribution in [0.2, 0.25) is 0 Å². The topological polar surface area (TPSA) is 29.5 Å². The molecular weight excluding hydrogens is 212 g/mol. The lowest BCUT2D eigenvalue weighted by Gasteiger charge is -2.33. The van der Waals surface area contributed by atoms with E-state index >= 15 is 0 Å². The summed E-state index contributed by atoms with van der Waals surface area (Å²) in [4.78, 5) is 0. The van der Waals surface area contributed by atoms with Gasteiger partial charge in [0.1, 0.15) is 17.1 Å².